The second-order valence-electron chi connectivity index (χ2n) is 5.67. The Morgan fingerprint density at radius 1 is 1.29 bits per heavy atom. The van der Waals surface area contributed by atoms with Gasteiger partial charge in [-0.1, -0.05) is 26.0 Å². The maximum atomic E-state index is 13.6. The quantitative estimate of drug-likeness (QED) is 0.854. The van der Waals surface area contributed by atoms with Crippen LogP contribution in [0.1, 0.15) is 30.4 Å². The summed E-state index contributed by atoms with van der Waals surface area (Å²) in [7, 11) is 0. The summed E-state index contributed by atoms with van der Waals surface area (Å²) >= 11 is 1.68. The monoisotopic (exact) mass is 311 g/mol. The van der Waals surface area contributed by atoms with Crippen molar-refractivity contribution in [3.63, 3.8) is 0 Å². The van der Waals surface area contributed by atoms with Crippen molar-refractivity contribution in [2.75, 3.05) is 13.1 Å². The minimum Gasteiger partial charge on any atom is -0.387 e. The van der Waals surface area contributed by atoms with Crippen molar-refractivity contribution < 1.29 is 13.9 Å². The van der Waals surface area contributed by atoms with Crippen LogP contribution in [0.25, 0.3) is 0 Å². The Morgan fingerprint density at radius 2 is 2.05 bits per heavy atom. The zero-order valence-electron chi connectivity index (χ0n) is 12.1. The highest BCUT2D eigenvalue weighted by Crippen LogP contribution is 2.26. The Labute approximate surface area is 127 Å². The van der Waals surface area contributed by atoms with Crippen molar-refractivity contribution in [3.8, 4) is 0 Å². The molecule has 0 radical (unpaired) electrons. The largest absolute Gasteiger partial charge is 0.387 e. The number of rotatable bonds is 6. The molecule has 0 aliphatic rings. The average molecular weight is 311 g/mol. The van der Waals surface area contributed by atoms with Gasteiger partial charge in [0.2, 0.25) is 0 Å². The number of benzene rings is 1. The second-order valence-corrected chi connectivity index (χ2v) is 6.62. The Balaban J connectivity index is 1.91. The molecule has 0 saturated carbocycles. The summed E-state index contributed by atoms with van der Waals surface area (Å²) in [5.41, 5.74) is 0.0488. The first kappa shape index (κ1) is 16.1. The molecule has 2 aromatic rings. The summed E-state index contributed by atoms with van der Waals surface area (Å²) in [5.74, 6) is -1.36. The minimum absolute atomic E-state index is 0.0603. The van der Waals surface area contributed by atoms with Gasteiger partial charge in [0.05, 0.1) is 6.10 Å². The molecule has 114 valence electrons. The molecule has 1 unspecified atom stereocenters. The normalized spacial score (nSPS) is 13.4. The molecule has 0 aliphatic heterocycles. The van der Waals surface area contributed by atoms with E-state index in [1.807, 2.05) is 11.4 Å². The molecule has 1 aromatic heterocycles. The van der Waals surface area contributed by atoms with E-state index in [1.165, 1.54) is 10.9 Å². The van der Waals surface area contributed by atoms with Gasteiger partial charge in [-0.05, 0) is 17.5 Å². The fraction of sp³-hybridized carbons (Fsp3) is 0.375. The highest BCUT2D eigenvalue weighted by atomic mass is 32.1. The molecule has 1 heterocycles. The number of aliphatic hydroxyl groups excluding tert-OH is 1. The molecular weight excluding hydrogens is 292 g/mol. The van der Waals surface area contributed by atoms with E-state index in [-0.39, 0.29) is 17.5 Å². The standard InChI is InChI=1S/C16H19F2NOS/c1-16(2,15-4-3-7-21-15)10-19-9-14(20)12-6-5-11(17)8-13(12)18/h3-8,14,19-20H,9-10H2,1-2H3. The predicted molar refractivity (Wildman–Crippen MR) is 81.5 cm³/mol. The third kappa shape index (κ3) is 4.09. The van der Waals surface area contributed by atoms with Crippen LogP contribution in [0.3, 0.4) is 0 Å². The van der Waals surface area contributed by atoms with Crippen LogP contribution in [0.4, 0.5) is 8.78 Å². The van der Waals surface area contributed by atoms with E-state index in [0.29, 0.717) is 6.54 Å². The van der Waals surface area contributed by atoms with Gasteiger partial charge in [-0.2, -0.15) is 0 Å². The summed E-state index contributed by atoms with van der Waals surface area (Å²) in [6, 6.07) is 7.29. The summed E-state index contributed by atoms with van der Waals surface area (Å²) in [6.45, 7) is 5.10. The number of nitrogens with one attached hydrogen (secondary N) is 1. The average Bonchev–Trinajstić information content (AvgIpc) is 2.92. The van der Waals surface area contributed by atoms with Crippen molar-refractivity contribution in [2.45, 2.75) is 25.4 Å². The Bertz CT molecular complexity index is 584. The molecule has 2 N–H and O–H groups in total. The van der Waals surface area contributed by atoms with Gasteiger partial charge < -0.3 is 10.4 Å². The molecule has 2 rings (SSSR count). The van der Waals surface area contributed by atoms with Crippen LogP contribution in [0.2, 0.25) is 0 Å². The van der Waals surface area contributed by atoms with Crippen LogP contribution in [-0.4, -0.2) is 18.2 Å². The number of aliphatic hydroxyl groups is 1. The third-order valence-electron chi connectivity index (χ3n) is 3.41. The molecule has 0 saturated heterocycles. The summed E-state index contributed by atoms with van der Waals surface area (Å²) < 4.78 is 26.4. The maximum Gasteiger partial charge on any atom is 0.131 e. The van der Waals surface area contributed by atoms with Gasteiger partial charge in [0, 0.05) is 35.0 Å². The molecule has 0 aliphatic carbocycles. The second kappa shape index (κ2) is 6.64. The maximum absolute atomic E-state index is 13.6. The first-order valence-corrected chi connectivity index (χ1v) is 7.66. The van der Waals surface area contributed by atoms with Crippen molar-refractivity contribution in [3.05, 3.63) is 57.8 Å². The smallest absolute Gasteiger partial charge is 0.131 e. The first-order chi connectivity index (χ1) is 9.90. The summed E-state index contributed by atoms with van der Waals surface area (Å²) in [4.78, 5) is 1.25. The molecular formula is C16H19F2NOS. The van der Waals surface area contributed by atoms with Crippen LogP contribution >= 0.6 is 11.3 Å². The third-order valence-corrected chi connectivity index (χ3v) is 4.65. The van der Waals surface area contributed by atoms with Gasteiger partial charge in [-0.15, -0.1) is 11.3 Å². The Morgan fingerprint density at radius 3 is 2.67 bits per heavy atom. The zero-order valence-corrected chi connectivity index (χ0v) is 12.9. The molecule has 0 bridgehead atoms. The van der Waals surface area contributed by atoms with Gasteiger partial charge in [0.25, 0.3) is 0 Å². The topological polar surface area (TPSA) is 32.3 Å². The van der Waals surface area contributed by atoms with Crippen molar-refractivity contribution >= 4 is 11.3 Å². The molecule has 1 atom stereocenters. The molecule has 5 heteroatoms. The highest BCUT2D eigenvalue weighted by molar-refractivity contribution is 7.10. The number of hydrogen-bond donors (Lipinski definition) is 2. The van der Waals surface area contributed by atoms with Crippen LogP contribution < -0.4 is 5.32 Å². The van der Waals surface area contributed by atoms with Gasteiger partial charge in [-0.3, -0.25) is 0 Å². The summed E-state index contributed by atoms with van der Waals surface area (Å²) in [5, 5.41) is 15.2. The van der Waals surface area contributed by atoms with Gasteiger partial charge in [0.1, 0.15) is 11.6 Å². The van der Waals surface area contributed by atoms with E-state index in [0.717, 1.165) is 12.1 Å². The number of thiophene rings is 1. The molecule has 0 amide bonds. The lowest BCUT2D eigenvalue weighted by Gasteiger charge is -2.24. The van der Waals surface area contributed by atoms with E-state index in [2.05, 4.69) is 25.2 Å². The van der Waals surface area contributed by atoms with Crippen LogP contribution in [0, 0.1) is 11.6 Å². The van der Waals surface area contributed by atoms with Gasteiger partial charge in [0.15, 0.2) is 0 Å². The number of halogens is 2. The van der Waals surface area contributed by atoms with E-state index < -0.39 is 17.7 Å². The Hall–Kier alpha value is -1.30. The predicted octanol–water partition coefficient (Wildman–Crippen LogP) is 3.63. The fourth-order valence-corrected chi connectivity index (χ4v) is 3.01. The van der Waals surface area contributed by atoms with Gasteiger partial charge >= 0.3 is 0 Å². The van der Waals surface area contributed by atoms with E-state index >= 15 is 0 Å². The lowest BCUT2D eigenvalue weighted by molar-refractivity contribution is 0.167. The van der Waals surface area contributed by atoms with E-state index in [1.54, 1.807) is 11.3 Å². The lowest BCUT2D eigenvalue weighted by atomic mass is 9.91. The first-order valence-electron chi connectivity index (χ1n) is 6.78. The van der Waals surface area contributed by atoms with Crippen molar-refractivity contribution in [1.29, 1.82) is 0 Å². The lowest BCUT2D eigenvalue weighted by Crippen LogP contribution is -2.34. The van der Waals surface area contributed by atoms with E-state index in [4.69, 9.17) is 0 Å². The van der Waals surface area contributed by atoms with Crippen LogP contribution in [0.5, 0.6) is 0 Å². The molecule has 1 aromatic carbocycles. The SMILES string of the molecule is CC(C)(CNCC(O)c1ccc(F)cc1F)c1cccs1. The van der Waals surface area contributed by atoms with Crippen LogP contribution in [0.15, 0.2) is 35.7 Å². The molecule has 21 heavy (non-hydrogen) atoms. The molecule has 0 spiro atoms. The minimum atomic E-state index is -0.996. The van der Waals surface area contributed by atoms with Crippen LogP contribution in [-0.2, 0) is 5.41 Å². The Kier molecular flexibility index (Phi) is 5.08. The molecule has 0 fully saturated rings. The summed E-state index contributed by atoms with van der Waals surface area (Å²) in [6.07, 6.45) is -0.996. The highest BCUT2D eigenvalue weighted by Gasteiger charge is 2.22. The number of hydrogen-bond acceptors (Lipinski definition) is 3. The van der Waals surface area contributed by atoms with Gasteiger partial charge in [-0.25, -0.2) is 8.78 Å². The van der Waals surface area contributed by atoms with E-state index in [9.17, 15) is 13.9 Å². The zero-order chi connectivity index (χ0) is 15.5. The van der Waals surface area contributed by atoms with Crippen molar-refractivity contribution in [2.24, 2.45) is 0 Å². The fourth-order valence-electron chi connectivity index (χ4n) is 2.15. The van der Waals surface area contributed by atoms with Crippen molar-refractivity contribution in [1.82, 2.24) is 5.32 Å². The molecule has 2 nitrogen and oxygen atoms in total.